The number of nitrogens with one attached hydrogen (secondary N) is 1. The number of carbonyl (C=O) groups is 2. The van der Waals surface area contributed by atoms with Crippen LogP contribution in [-0.2, 0) is 17.8 Å². The molecule has 1 saturated heterocycles. The highest BCUT2D eigenvalue weighted by Crippen LogP contribution is 2.30. The first-order chi connectivity index (χ1) is 14.1. The normalized spacial score (nSPS) is 18.9. The van der Waals surface area contributed by atoms with Crippen molar-refractivity contribution in [2.45, 2.75) is 45.2 Å². The second-order valence-corrected chi connectivity index (χ2v) is 7.58. The molecule has 29 heavy (non-hydrogen) atoms. The highest BCUT2D eigenvalue weighted by atomic mass is 16.2. The van der Waals surface area contributed by atoms with Crippen molar-refractivity contribution in [3.05, 3.63) is 47.2 Å². The summed E-state index contributed by atoms with van der Waals surface area (Å²) in [6.07, 6.45) is 7.17. The average molecular weight is 394 g/mol. The van der Waals surface area contributed by atoms with Gasteiger partial charge < -0.3 is 15.1 Å². The minimum Gasteiger partial charge on any atom is -0.373 e. The second-order valence-electron chi connectivity index (χ2n) is 7.58. The Morgan fingerprint density at radius 2 is 2.07 bits per heavy atom. The quantitative estimate of drug-likeness (QED) is 0.858. The predicted octanol–water partition coefficient (Wildman–Crippen LogP) is 2.19. The fraction of sp³-hybridized carbons (Fsp3) is 0.476. The summed E-state index contributed by atoms with van der Waals surface area (Å²) in [5.74, 6) is 1.45. The summed E-state index contributed by atoms with van der Waals surface area (Å²) < 4.78 is 0. The molecule has 0 aromatic carbocycles. The molecule has 2 aromatic rings. The van der Waals surface area contributed by atoms with Crippen molar-refractivity contribution in [2.75, 3.05) is 25.5 Å². The van der Waals surface area contributed by atoms with Gasteiger partial charge in [-0.15, -0.1) is 0 Å². The largest absolute Gasteiger partial charge is 0.373 e. The minimum absolute atomic E-state index is 0.0198. The number of anilines is 1. The molecule has 8 heteroatoms. The number of likely N-dealkylation sites (tertiary alicyclic amines) is 1. The van der Waals surface area contributed by atoms with E-state index in [1.165, 1.54) is 0 Å². The molecule has 2 aliphatic heterocycles. The zero-order valence-corrected chi connectivity index (χ0v) is 16.9. The molecule has 4 rings (SSSR count). The molecule has 0 radical (unpaired) electrons. The SMILES string of the molecule is CNc1cc(C(=O)N2CCc3nc([C@@H]4CCCCN4C(C)=O)ncc3C2)ccn1. The van der Waals surface area contributed by atoms with E-state index in [9.17, 15) is 9.59 Å². The topological polar surface area (TPSA) is 91.3 Å². The number of pyridine rings is 1. The van der Waals surface area contributed by atoms with Gasteiger partial charge in [-0.1, -0.05) is 0 Å². The molecule has 2 amide bonds. The number of hydrogen-bond acceptors (Lipinski definition) is 6. The zero-order chi connectivity index (χ0) is 20.4. The van der Waals surface area contributed by atoms with Gasteiger partial charge in [-0.05, 0) is 31.4 Å². The zero-order valence-electron chi connectivity index (χ0n) is 16.9. The summed E-state index contributed by atoms with van der Waals surface area (Å²) in [6.45, 7) is 3.48. The summed E-state index contributed by atoms with van der Waals surface area (Å²) in [6, 6.07) is 3.46. The number of nitrogens with zero attached hydrogens (tertiary/aromatic N) is 5. The van der Waals surface area contributed by atoms with Crippen molar-refractivity contribution in [2.24, 2.45) is 0 Å². The summed E-state index contributed by atoms with van der Waals surface area (Å²) in [7, 11) is 1.78. The molecule has 152 valence electrons. The van der Waals surface area contributed by atoms with Gasteiger partial charge in [0.25, 0.3) is 5.91 Å². The first kappa shape index (κ1) is 19.3. The van der Waals surface area contributed by atoms with E-state index in [-0.39, 0.29) is 17.9 Å². The average Bonchev–Trinajstić information content (AvgIpc) is 2.77. The first-order valence-corrected chi connectivity index (χ1v) is 10.1. The van der Waals surface area contributed by atoms with Crippen molar-refractivity contribution < 1.29 is 9.59 Å². The van der Waals surface area contributed by atoms with Gasteiger partial charge in [0, 0.05) is 63.5 Å². The van der Waals surface area contributed by atoms with E-state index in [0.717, 1.165) is 42.9 Å². The molecular weight excluding hydrogens is 368 g/mol. The number of aromatic nitrogens is 3. The van der Waals surface area contributed by atoms with Crippen LogP contribution in [0.1, 0.15) is 59.7 Å². The Labute approximate surface area is 170 Å². The summed E-state index contributed by atoms with van der Waals surface area (Å²) >= 11 is 0. The van der Waals surface area contributed by atoms with E-state index < -0.39 is 0 Å². The molecule has 4 heterocycles. The van der Waals surface area contributed by atoms with E-state index in [2.05, 4.69) is 15.3 Å². The van der Waals surface area contributed by atoms with Gasteiger partial charge in [-0.25, -0.2) is 15.0 Å². The Bertz CT molecular complexity index is 931. The fourth-order valence-corrected chi connectivity index (χ4v) is 4.13. The van der Waals surface area contributed by atoms with Gasteiger partial charge in [-0.2, -0.15) is 0 Å². The number of piperidine rings is 1. The molecule has 1 atom stereocenters. The van der Waals surface area contributed by atoms with Crippen molar-refractivity contribution in [3.8, 4) is 0 Å². The van der Waals surface area contributed by atoms with Gasteiger partial charge >= 0.3 is 0 Å². The second kappa shape index (κ2) is 8.14. The number of carbonyl (C=O) groups excluding carboxylic acids is 2. The van der Waals surface area contributed by atoms with E-state index in [4.69, 9.17) is 4.98 Å². The molecule has 8 nitrogen and oxygen atoms in total. The van der Waals surface area contributed by atoms with Gasteiger partial charge in [0.15, 0.2) is 5.82 Å². The van der Waals surface area contributed by atoms with E-state index >= 15 is 0 Å². The Hall–Kier alpha value is -3.03. The van der Waals surface area contributed by atoms with Crippen molar-refractivity contribution >= 4 is 17.6 Å². The maximum atomic E-state index is 12.9. The van der Waals surface area contributed by atoms with Crippen LogP contribution in [0.5, 0.6) is 0 Å². The van der Waals surface area contributed by atoms with Crippen molar-refractivity contribution in [3.63, 3.8) is 0 Å². The lowest BCUT2D eigenvalue weighted by molar-refractivity contribution is -0.132. The lowest BCUT2D eigenvalue weighted by atomic mass is 10.00. The number of fused-ring (bicyclic) bond motifs is 1. The van der Waals surface area contributed by atoms with Crippen LogP contribution >= 0.6 is 0 Å². The van der Waals surface area contributed by atoms with Crippen LogP contribution in [0.3, 0.4) is 0 Å². The van der Waals surface area contributed by atoms with E-state index in [1.807, 2.05) is 16.0 Å². The number of hydrogen-bond donors (Lipinski definition) is 1. The monoisotopic (exact) mass is 394 g/mol. The maximum absolute atomic E-state index is 12.9. The van der Waals surface area contributed by atoms with Crippen molar-refractivity contribution in [1.82, 2.24) is 24.8 Å². The van der Waals surface area contributed by atoms with Gasteiger partial charge in [0.1, 0.15) is 5.82 Å². The molecule has 2 aliphatic rings. The number of rotatable bonds is 3. The van der Waals surface area contributed by atoms with Gasteiger partial charge in [0.2, 0.25) is 5.91 Å². The Morgan fingerprint density at radius 1 is 1.21 bits per heavy atom. The first-order valence-electron chi connectivity index (χ1n) is 10.1. The third-order valence-corrected chi connectivity index (χ3v) is 5.71. The van der Waals surface area contributed by atoms with Crippen LogP contribution < -0.4 is 5.32 Å². The van der Waals surface area contributed by atoms with Crippen LogP contribution in [0.2, 0.25) is 0 Å². The number of amides is 2. The Kier molecular flexibility index (Phi) is 5.42. The third kappa shape index (κ3) is 3.92. The van der Waals surface area contributed by atoms with Gasteiger partial charge in [0.05, 0.1) is 11.7 Å². The highest BCUT2D eigenvalue weighted by Gasteiger charge is 2.30. The van der Waals surface area contributed by atoms with Gasteiger partial charge in [-0.3, -0.25) is 9.59 Å². The molecular formula is C21H26N6O2. The van der Waals surface area contributed by atoms with Crippen molar-refractivity contribution in [1.29, 1.82) is 0 Å². The Balaban J connectivity index is 1.52. The molecule has 1 fully saturated rings. The summed E-state index contributed by atoms with van der Waals surface area (Å²) in [5, 5.41) is 2.96. The lowest BCUT2D eigenvalue weighted by Gasteiger charge is -2.35. The van der Waals surface area contributed by atoms with Crippen LogP contribution in [0.4, 0.5) is 5.82 Å². The van der Waals surface area contributed by atoms with Crippen LogP contribution in [0.15, 0.2) is 24.5 Å². The van der Waals surface area contributed by atoms with Crippen LogP contribution in [0, 0.1) is 0 Å². The molecule has 0 spiro atoms. The van der Waals surface area contributed by atoms with E-state index in [0.29, 0.717) is 30.9 Å². The van der Waals surface area contributed by atoms with Crippen LogP contribution in [-0.4, -0.2) is 56.7 Å². The standard InChI is InChI=1S/C21H26N6O2/c1-14(28)27-9-4-3-5-18(27)20-24-12-16-13-26(10-7-17(16)25-20)21(29)15-6-8-23-19(11-15)22-2/h6,8,11-12,18H,3-5,7,9-10,13H2,1-2H3,(H,22,23)/t18-/m0/s1. The smallest absolute Gasteiger partial charge is 0.254 e. The molecule has 0 aliphatic carbocycles. The highest BCUT2D eigenvalue weighted by molar-refractivity contribution is 5.95. The molecule has 1 N–H and O–H groups in total. The molecule has 0 bridgehead atoms. The lowest BCUT2D eigenvalue weighted by Crippen LogP contribution is -2.39. The minimum atomic E-state index is -0.0389. The summed E-state index contributed by atoms with van der Waals surface area (Å²) in [5.41, 5.74) is 2.57. The van der Waals surface area contributed by atoms with Crippen LogP contribution in [0.25, 0.3) is 0 Å². The van der Waals surface area contributed by atoms with E-state index in [1.54, 1.807) is 32.3 Å². The Morgan fingerprint density at radius 3 is 2.86 bits per heavy atom. The molecule has 2 aromatic heterocycles. The predicted molar refractivity (Wildman–Crippen MR) is 108 cm³/mol. The molecule has 0 unspecified atom stereocenters. The maximum Gasteiger partial charge on any atom is 0.254 e. The summed E-state index contributed by atoms with van der Waals surface area (Å²) in [4.78, 5) is 42.1. The fourth-order valence-electron chi connectivity index (χ4n) is 4.13. The molecule has 0 saturated carbocycles. The third-order valence-electron chi connectivity index (χ3n) is 5.71.